The summed E-state index contributed by atoms with van der Waals surface area (Å²) >= 11 is 0. The second kappa shape index (κ2) is 8.91. The van der Waals surface area contributed by atoms with Gasteiger partial charge in [-0.15, -0.1) is 5.10 Å². The van der Waals surface area contributed by atoms with Crippen LogP contribution >= 0.6 is 0 Å². The molecule has 0 spiro atoms. The smallest absolute Gasteiger partial charge is 0.323 e. The average Bonchev–Trinajstić information content (AvgIpc) is 3.34. The molecule has 31 heavy (non-hydrogen) atoms. The van der Waals surface area contributed by atoms with E-state index in [1.165, 1.54) is 18.1 Å². The highest BCUT2D eigenvalue weighted by Gasteiger charge is 2.12. The molecule has 10 heteroatoms. The Balaban J connectivity index is 1.53. The van der Waals surface area contributed by atoms with Crippen LogP contribution in [0.15, 0.2) is 67.3 Å². The van der Waals surface area contributed by atoms with Crippen molar-refractivity contribution in [3.8, 4) is 28.3 Å². The second-order valence-electron chi connectivity index (χ2n) is 6.37. The zero-order valence-electron chi connectivity index (χ0n) is 16.8. The highest BCUT2D eigenvalue weighted by atomic mass is 16.5. The molecule has 2 aromatic carbocycles. The van der Waals surface area contributed by atoms with Crippen molar-refractivity contribution in [1.29, 1.82) is 0 Å². The number of rotatable bonds is 6. The number of amides is 2. The molecular formula is C21H19N7O3. The van der Waals surface area contributed by atoms with Gasteiger partial charge in [-0.25, -0.2) is 4.79 Å². The van der Waals surface area contributed by atoms with E-state index in [1.807, 2.05) is 24.3 Å². The molecule has 0 atom stereocenters. The number of aromatic nitrogens is 5. The summed E-state index contributed by atoms with van der Waals surface area (Å²) in [6, 6.07) is 14.1. The lowest BCUT2D eigenvalue weighted by Gasteiger charge is -2.14. The summed E-state index contributed by atoms with van der Waals surface area (Å²) < 4.78 is 12.3. The highest BCUT2D eigenvalue weighted by Crippen LogP contribution is 2.31. The van der Waals surface area contributed by atoms with E-state index >= 15 is 0 Å². The van der Waals surface area contributed by atoms with Gasteiger partial charge in [0.1, 0.15) is 23.5 Å². The fourth-order valence-corrected chi connectivity index (χ4v) is 3.03. The van der Waals surface area contributed by atoms with Crippen LogP contribution in [0.3, 0.4) is 0 Å². The summed E-state index contributed by atoms with van der Waals surface area (Å²) in [5.41, 5.74) is 3.61. The molecule has 2 amide bonds. The third-order valence-corrected chi connectivity index (χ3v) is 4.49. The first-order valence-corrected chi connectivity index (χ1v) is 9.26. The predicted molar refractivity (Wildman–Crippen MR) is 115 cm³/mol. The van der Waals surface area contributed by atoms with Crippen LogP contribution in [0.2, 0.25) is 0 Å². The molecule has 0 fully saturated rings. The van der Waals surface area contributed by atoms with Gasteiger partial charge in [-0.1, -0.05) is 6.07 Å². The topological polar surface area (TPSA) is 116 Å². The molecule has 0 saturated heterocycles. The van der Waals surface area contributed by atoms with E-state index < -0.39 is 6.03 Å². The summed E-state index contributed by atoms with van der Waals surface area (Å²) in [5.74, 6) is 1.04. The number of ether oxygens (including phenoxy) is 2. The van der Waals surface area contributed by atoms with Crippen molar-refractivity contribution < 1.29 is 14.3 Å². The number of carbonyl (C=O) groups excluding carboxylic acids is 1. The molecule has 0 aliphatic heterocycles. The lowest BCUT2D eigenvalue weighted by molar-refractivity contribution is 0.262. The molecule has 0 unspecified atom stereocenters. The number of pyridine rings is 1. The maximum Gasteiger partial charge on any atom is 0.323 e. The third-order valence-electron chi connectivity index (χ3n) is 4.49. The van der Waals surface area contributed by atoms with Crippen molar-refractivity contribution in [2.24, 2.45) is 0 Å². The van der Waals surface area contributed by atoms with Gasteiger partial charge in [0.05, 0.1) is 19.9 Å². The van der Waals surface area contributed by atoms with Crippen LogP contribution in [0, 0.1) is 0 Å². The molecule has 0 aliphatic rings. The standard InChI is InChI=1S/C21H19N7O3/c1-30-19-6-3-15(14-7-9-22-10-8-14)11-17(19)25-21(29)24-16-4-5-18(20(12-16)31-2)28-13-23-26-27-28/h3-13H,1-2H3,(H2,24,25,29). The van der Waals surface area contributed by atoms with Crippen molar-refractivity contribution in [2.75, 3.05) is 24.9 Å². The van der Waals surface area contributed by atoms with Crippen LogP contribution in [0.1, 0.15) is 0 Å². The van der Waals surface area contributed by atoms with E-state index in [4.69, 9.17) is 9.47 Å². The number of hydrogen-bond acceptors (Lipinski definition) is 7. The number of anilines is 2. The fourth-order valence-electron chi connectivity index (χ4n) is 3.03. The molecule has 156 valence electrons. The van der Waals surface area contributed by atoms with Gasteiger partial charge in [-0.05, 0) is 58.0 Å². The Morgan fingerprint density at radius 1 is 0.903 bits per heavy atom. The Labute approximate surface area is 177 Å². The number of tetrazole rings is 1. The summed E-state index contributed by atoms with van der Waals surface area (Å²) in [5, 5.41) is 16.7. The Bertz CT molecular complexity index is 1180. The van der Waals surface area contributed by atoms with Gasteiger partial charge in [-0.3, -0.25) is 4.98 Å². The number of nitrogens with zero attached hydrogens (tertiary/aromatic N) is 5. The van der Waals surface area contributed by atoms with Crippen molar-refractivity contribution in [1.82, 2.24) is 25.2 Å². The first-order valence-electron chi connectivity index (χ1n) is 9.26. The predicted octanol–water partition coefficient (Wildman–Crippen LogP) is 3.39. The molecule has 0 radical (unpaired) electrons. The number of hydrogen-bond donors (Lipinski definition) is 2. The zero-order valence-corrected chi connectivity index (χ0v) is 16.8. The molecule has 4 rings (SSSR count). The largest absolute Gasteiger partial charge is 0.495 e. The Kier molecular flexibility index (Phi) is 5.70. The number of benzene rings is 2. The lowest BCUT2D eigenvalue weighted by atomic mass is 10.1. The van der Waals surface area contributed by atoms with Crippen LogP contribution in [0.25, 0.3) is 16.8 Å². The average molecular weight is 417 g/mol. The van der Waals surface area contributed by atoms with E-state index in [0.717, 1.165) is 11.1 Å². The Morgan fingerprint density at radius 2 is 1.71 bits per heavy atom. The second-order valence-corrected chi connectivity index (χ2v) is 6.37. The molecule has 2 aromatic heterocycles. The number of urea groups is 1. The van der Waals surface area contributed by atoms with Crippen LogP contribution in [-0.4, -0.2) is 45.4 Å². The molecule has 0 aliphatic carbocycles. The maximum absolute atomic E-state index is 12.6. The van der Waals surface area contributed by atoms with E-state index in [-0.39, 0.29) is 0 Å². The normalized spacial score (nSPS) is 10.4. The Morgan fingerprint density at radius 3 is 2.42 bits per heavy atom. The number of methoxy groups -OCH3 is 2. The highest BCUT2D eigenvalue weighted by molar-refractivity contribution is 6.01. The summed E-state index contributed by atoms with van der Waals surface area (Å²) in [6.07, 6.45) is 4.89. The minimum atomic E-state index is -0.428. The van der Waals surface area contributed by atoms with Crippen molar-refractivity contribution in [3.05, 3.63) is 67.3 Å². The van der Waals surface area contributed by atoms with E-state index in [1.54, 1.807) is 43.8 Å². The number of nitrogens with one attached hydrogen (secondary N) is 2. The number of carbonyl (C=O) groups is 1. The molecule has 2 heterocycles. The first-order chi connectivity index (χ1) is 15.2. The zero-order chi connectivity index (χ0) is 21.6. The van der Waals surface area contributed by atoms with E-state index in [2.05, 4.69) is 31.1 Å². The van der Waals surface area contributed by atoms with Crippen molar-refractivity contribution >= 4 is 17.4 Å². The fraction of sp³-hybridized carbons (Fsp3) is 0.0952. The van der Waals surface area contributed by atoms with Gasteiger partial charge in [0.2, 0.25) is 0 Å². The van der Waals surface area contributed by atoms with E-state index in [9.17, 15) is 4.79 Å². The molecular weight excluding hydrogens is 398 g/mol. The van der Waals surface area contributed by atoms with Gasteiger partial charge in [0, 0.05) is 24.1 Å². The molecule has 0 bridgehead atoms. The first kappa shape index (κ1) is 19.8. The summed E-state index contributed by atoms with van der Waals surface area (Å²) in [4.78, 5) is 16.7. The SMILES string of the molecule is COc1ccc(-c2ccncc2)cc1NC(=O)Nc1ccc(-n2cnnn2)c(OC)c1. The van der Waals surface area contributed by atoms with Crippen LogP contribution in [0.4, 0.5) is 16.2 Å². The van der Waals surface area contributed by atoms with Crippen LogP contribution in [-0.2, 0) is 0 Å². The van der Waals surface area contributed by atoms with Crippen LogP contribution in [0.5, 0.6) is 11.5 Å². The lowest BCUT2D eigenvalue weighted by Crippen LogP contribution is -2.20. The van der Waals surface area contributed by atoms with Crippen molar-refractivity contribution in [2.45, 2.75) is 0 Å². The third kappa shape index (κ3) is 4.42. The van der Waals surface area contributed by atoms with Gasteiger partial charge in [0.15, 0.2) is 0 Å². The van der Waals surface area contributed by atoms with Crippen LogP contribution < -0.4 is 20.1 Å². The maximum atomic E-state index is 12.6. The Hall–Kier alpha value is -4.47. The van der Waals surface area contributed by atoms with Gasteiger partial charge in [0.25, 0.3) is 0 Å². The van der Waals surface area contributed by atoms with Gasteiger partial charge in [-0.2, -0.15) is 4.68 Å². The molecule has 4 aromatic rings. The molecule has 10 nitrogen and oxygen atoms in total. The van der Waals surface area contributed by atoms with E-state index in [0.29, 0.717) is 28.6 Å². The summed E-state index contributed by atoms with van der Waals surface area (Å²) in [6.45, 7) is 0. The minimum absolute atomic E-state index is 0.428. The van der Waals surface area contributed by atoms with Crippen molar-refractivity contribution in [3.63, 3.8) is 0 Å². The molecule has 2 N–H and O–H groups in total. The monoisotopic (exact) mass is 417 g/mol. The molecule has 0 saturated carbocycles. The summed E-state index contributed by atoms with van der Waals surface area (Å²) in [7, 11) is 3.08. The van der Waals surface area contributed by atoms with Gasteiger partial charge >= 0.3 is 6.03 Å². The minimum Gasteiger partial charge on any atom is -0.495 e. The quantitative estimate of drug-likeness (QED) is 0.494. The van der Waals surface area contributed by atoms with Gasteiger partial charge < -0.3 is 20.1 Å².